The number of nitrogens with zero attached hydrogens (tertiary/aromatic N) is 5. The molecule has 0 bridgehead atoms. The van der Waals surface area contributed by atoms with E-state index >= 15 is 0 Å². The maximum Gasteiger partial charge on any atom is 0.291 e. The molecular formula is C38H41N5O3S. The lowest BCUT2D eigenvalue weighted by atomic mass is 10.1. The van der Waals surface area contributed by atoms with Crippen molar-refractivity contribution < 1.29 is 9.47 Å². The Morgan fingerprint density at radius 3 is 1.94 bits per heavy atom. The Balaban J connectivity index is 1.25. The molecule has 0 saturated heterocycles. The Morgan fingerprint density at radius 2 is 1.34 bits per heavy atom. The fourth-order valence-corrected chi connectivity index (χ4v) is 6.27. The second-order valence-corrected chi connectivity index (χ2v) is 12.6. The van der Waals surface area contributed by atoms with Gasteiger partial charge in [0, 0.05) is 22.9 Å². The van der Waals surface area contributed by atoms with Crippen LogP contribution in [0.25, 0.3) is 39.4 Å². The third kappa shape index (κ3) is 7.97. The van der Waals surface area contributed by atoms with E-state index in [9.17, 15) is 4.79 Å². The van der Waals surface area contributed by atoms with Gasteiger partial charge in [-0.15, -0.1) is 5.10 Å². The van der Waals surface area contributed by atoms with E-state index < -0.39 is 0 Å². The Labute approximate surface area is 279 Å². The zero-order valence-corrected chi connectivity index (χ0v) is 27.9. The van der Waals surface area contributed by atoms with E-state index in [1.165, 1.54) is 54.4 Å². The van der Waals surface area contributed by atoms with Crippen molar-refractivity contribution in [2.75, 3.05) is 13.2 Å². The van der Waals surface area contributed by atoms with Gasteiger partial charge in [0.25, 0.3) is 5.56 Å². The third-order valence-corrected chi connectivity index (χ3v) is 8.96. The average molecular weight is 648 g/mol. The molecule has 0 unspecified atom stereocenters. The summed E-state index contributed by atoms with van der Waals surface area (Å²) >= 11 is 1.32. The molecule has 3 heterocycles. The summed E-state index contributed by atoms with van der Waals surface area (Å²) in [6.07, 6.45) is 13.2. The summed E-state index contributed by atoms with van der Waals surface area (Å²) in [7, 11) is 0. The van der Waals surface area contributed by atoms with Crippen LogP contribution < -0.4 is 19.6 Å². The molecule has 9 heteroatoms. The van der Waals surface area contributed by atoms with E-state index in [2.05, 4.69) is 18.9 Å². The summed E-state index contributed by atoms with van der Waals surface area (Å²) in [5.41, 5.74) is 4.10. The molecule has 0 N–H and O–H groups in total. The van der Waals surface area contributed by atoms with Crippen LogP contribution in [0.4, 0.5) is 0 Å². The lowest BCUT2D eigenvalue weighted by Crippen LogP contribution is -2.23. The number of rotatable bonds is 16. The van der Waals surface area contributed by atoms with Gasteiger partial charge in [-0.1, -0.05) is 81.9 Å². The number of fused-ring (bicyclic) bond motifs is 1. The maximum atomic E-state index is 13.5. The first-order valence-corrected chi connectivity index (χ1v) is 17.5. The molecule has 0 radical (unpaired) electrons. The number of ether oxygens (including phenoxy) is 2. The highest BCUT2D eigenvalue weighted by molar-refractivity contribution is 7.15. The number of hydrogen-bond acceptors (Lipinski definition) is 7. The first kappa shape index (κ1) is 32.2. The van der Waals surface area contributed by atoms with Gasteiger partial charge in [0.1, 0.15) is 17.2 Å². The van der Waals surface area contributed by atoms with Crippen LogP contribution in [0.1, 0.15) is 70.8 Å². The van der Waals surface area contributed by atoms with E-state index in [0.717, 1.165) is 52.4 Å². The second-order valence-electron chi connectivity index (χ2n) is 11.6. The van der Waals surface area contributed by atoms with Gasteiger partial charge in [-0.3, -0.25) is 4.79 Å². The summed E-state index contributed by atoms with van der Waals surface area (Å²) in [4.78, 5) is 18.8. The predicted octanol–water partition coefficient (Wildman–Crippen LogP) is 8.14. The molecule has 47 heavy (non-hydrogen) atoms. The molecular weight excluding hydrogens is 607 g/mol. The van der Waals surface area contributed by atoms with Gasteiger partial charge >= 0.3 is 0 Å². The fourth-order valence-electron chi connectivity index (χ4n) is 5.37. The quantitative estimate of drug-likeness (QED) is 0.0987. The summed E-state index contributed by atoms with van der Waals surface area (Å²) in [6.45, 7) is 5.83. The van der Waals surface area contributed by atoms with E-state index in [1.54, 1.807) is 0 Å². The highest BCUT2D eigenvalue weighted by Gasteiger charge is 2.15. The lowest BCUT2D eigenvalue weighted by molar-refractivity contribution is 0.305. The molecule has 8 nitrogen and oxygen atoms in total. The molecule has 0 saturated carbocycles. The Morgan fingerprint density at radius 1 is 0.723 bits per heavy atom. The van der Waals surface area contributed by atoms with Crippen molar-refractivity contribution in [1.29, 1.82) is 0 Å². The monoisotopic (exact) mass is 647 g/mol. The fraction of sp³-hybridized carbons (Fsp3) is 0.316. The van der Waals surface area contributed by atoms with Gasteiger partial charge in [-0.25, -0.2) is 4.68 Å². The van der Waals surface area contributed by atoms with E-state index in [4.69, 9.17) is 19.6 Å². The average Bonchev–Trinajstić information content (AvgIpc) is 3.80. The highest BCUT2D eigenvalue weighted by Crippen LogP contribution is 2.27. The Hall–Kier alpha value is -4.76. The zero-order valence-electron chi connectivity index (χ0n) is 27.1. The van der Waals surface area contributed by atoms with Crippen LogP contribution in [0.15, 0.2) is 89.9 Å². The first-order valence-electron chi connectivity index (χ1n) is 16.7. The molecule has 0 amide bonds. The van der Waals surface area contributed by atoms with Crippen molar-refractivity contribution in [3.8, 4) is 39.8 Å². The SMILES string of the molecule is CCCCCCOc1ccc(-c2nc3s/c(=C\c4cn(-c5ccccc5)nc4-c4ccc(OCCCCCC)cc4)c(=O)n3n2)cc1. The maximum absolute atomic E-state index is 13.5. The van der Waals surface area contributed by atoms with Gasteiger partial charge < -0.3 is 9.47 Å². The van der Waals surface area contributed by atoms with Crippen LogP contribution in [0.2, 0.25) is 0 Å². The number of thiazole rings is 1. The molecule has 6 aromatic rings. The van der Waals surface area contributed by atoms with Crippen LogP contribution >= 0.6 is 11.3 Å². The highest BCUT2D eigenvalue weighted by atomic mass is 32.1. The predicted molar refractivity (Wildman–Crippen MR) is 190 cm³/mol. The van der Waals surface area contributed by atoms with Crippen LogP contribution in [0.5, 0.6) is 11.5 Å². The lowest BCUT2D eigenvalue weighted by Gasteiger charge is -2.07. The van der Waals surface area contributed by atoms with Crippen molar-refractivity contribution in [3.05, 3.63) is 106 Å². The van der Waals surface area contributed by atoms with E-state index in [-0.39, 0.29) is 5.56 Å². The van der Waals surface area contributed by atoms with Crippen molar-refractivity contribution >= 4 is 22.4 Å². The van der Waals surface area contributed by atoms with Gasteiger partial charge in [0.2, 0.25) is 4.96 Å². The molecule has 6 rings (SSSR count). The number of para-hydroxylation sites is 1. The van der Waals surface area contributed by atoms with Crippen molar-refractivity contribution in [1.82, 2.24) is 24.4 Å². The summed E-state index contributed by atoms with van der Waals surface area (Å²) < 4.78 is 15.6. The number of hydrogen-bond donors (Lipinski definition) is 0. The molecule has 3 aromatic heterocycles. The third-order valence-electron chi connectivity index (χ3n) is 8.01. The normalized spacial score (nSPS) is 11.8. The van der Waals surface area contributed by atoms with Crippen molar-refractivity contribution in [2.45, 2.75) is 65.2 Å². The first-order chi connectivity index (χ1) is 23.1. The minimum absolute atomic E-state index is 0.207. The molecule has 0 aliphatic heterocycles. The van der Waals surface area contributed by atoms with Gasteiger partial charge in [0.05, 0.1) is 23.4 Å². The van der Waals surface area contributed by atoms with Crippen LogP contribution in [0.3, 0.4) is 0 Å². The number of benzene rings is 3. The summed E-state index contributed by atoms with van der Waals surface area (Å²) in [5, 5.41) is 9.50. The van der Waals surface area contributed by atoms with E-state index in [0.29, 0.717) is 28.5 Å². The van der Waals surface area contributed by atoms with Crippen LogP contribution in [-0.2, 0) is 0 Å². The van der Waals surface area contributed by atoms with Crippen LogP contribution in [0, 0.1) is 0 Å². The zero-order chi connectivity index (χ0) is 32.4. The summed E-state index contributed by atoms with van der Waals surface area (Å²) in [6, 6.07) is 25.7. The van der Waals surface area contributed by atoms with E-state index in [1.807, 2.05) is 95.8 Å². The Kier molecular flexibility index (Phi) is 10.7. The molecule has 0 atom stereocenters. The number of aromatic nitrogens is 5. The largest absolute Gasteiger partial charge is 0.494 e. The molecule has 0 aliphatic carbocycles. The van der Waals surface area contributed by atoms with Gasteiger partial charge in [0.15, 0.2) is 5.82 Å². The molecule has 242 valence electrons. The minimum Gasteiger partial charge on any atom is -0.494 e. The Bertz CT molecular complexity index is 1980. The van der Waals surface area contributed by atoms with Crippen LogP contribution in [-0.4, -0.2) is 37.6 Å². The smallest absolute Gasteiger partial charge is 0.291 e. The van der Waals surface area contributed by atoms with Crippen molar-refractivity contribution in [3.63, 3.8) is 0 Å². The van der Waals surface area contributed by atoms with Gasteiger partial charge in [-0.2, -0.15) is 14.6 Å². The standard InChI is InChI=1S/C38H41N5O3S/c1-3-5-7-12-24-45-32-20-16-28(17-21-32)35-30(27-42(40-35)31-14-10-9-11-15-31)26-34-37(44)43-38(47-34)39-36(41-43)29-18-22-33(23-19-29)46-25-13-8-6-4-2/h9-11,14-23,26-27H,3-8,12-13,24-25H2,1-2H3/b34-26-. The molecule has 3 aromatic carbocycles. The minimum atomic E-state index is -0.207. The molecule has 0 spiro atoms. The molecule has 0 aliphatic rings. The second kappa shape index (κ2) is 15.7. The summed E-state index contributed by atoms with van der Waals surface area (Å²) in [5.74, 6) is 2.18. The molecule has 0 fully saturated rings. The van der Waals surface area contributed by atoms with Crippen molar-refractivity contribution in [2.24, 2.45) is 0 Å². The van der Waals surface area contributed by atoms with Gasteiger partial charge in [-0.05, 0) is 79.6 Å². The topological polar surface area (TPSA) is 83.5 Å². The number of unbranched alkanes of at least 4 members (excludes halogenated alkanes) is 6.